The molecular formula is C25H27N3O3. The molecule has 1 aliphatic heterocycles. The molecule has 0 radical (unpaired) electrons. The third-order valence-electron chi connectivity index (χ3n) is 5.83. The average Bonchev–Trinajstić information content (AvgIpc) is 2.78. The van der Waals surface area contributed by atoms with E-state index < -0.39 is 12.1 Å². The lowest BCUT2D eigenvalue weighted by molar-refractivity contribution is -0.123. The molecule has 3 aromatic rings. The van der Waals surface area contributed by atoms with Gasteiger partial charge >= 0.3 is 5.97 Å². The van der Waals surface area contributed by atoms with E-state index in [1.54, 1.807) is 6.92 Å². The number of hydrogen-bond donors (Lipinski definition) is 1. The van der Waals surface area contributed by atoms with Crippen molar-refractivity contribution >= 4 is 28.5 Å². The van der Waals surface area contributed by atoms with Crippen LogP contribution in [-0.2, 0) is 22.5 Å². The first-order valence-electron chi connectivity index (χ1n) is 10.7. The average molecular weight is 418 g/mol. The van der Waals surface area contributed by atoms with Crippen molar-refractivity contribution < 1.29 is 14.3 Å². The predicted molar refractivity (Wildman–Crippen MR) is 121 cm³/mol. The number of para-hydroxylation sites is 2. The van der Waals surface area contributed by atoms with Crippen LogP contribution in [0.5, 0.6) is 0 Å². The van der Waals surface area contributed by atoms with Gasteiger partial charge in [0, 0.05) is 41.8 Å². The van der Waals surface area contributed by atoms with Gasteiger partial charge in [0.1, 0.15) is 0 Å². The number of fused-ring (bicyclic) bond motifs is 2. The van der Waals surface area contributed by atoms with Gasteiger partial charge in [0.15, 0.2) is 6.10 Å². The number of hydrogen-bond acceptors (Lipinski definition) is 5. The molecule has 2 aromatic carbocycles. The number of aromatic nitrogens is 1. The molecule has 6 heteroatoms. The van der Waals surface area contributed by atoms with Crippen LogP contribution < -0.4 is 5.32 Å². The Morgan fingerprint density at radius 2 is 1.90 bits per heavy atom. The summed E-state index contributed by atoms with van der Waals surface area (Å²) >= 11 is 0. The minimum Gasteiger partial charge on any atom is -0.449 e. The van der Waals surface area contributed by atoms with Crippen LogP contribution in [0.4, 0.5) is 5.69 Å². The van der Waals surface area contributed by atoms with Crippen LogP contribution in [0.1, 0.15) is 41.0 Å². The smallest absolute Gasteiger partial charge is 0.339 e. The van der Waals surface area contributed by atoms with Crippen LogP contribution in [0.15, 0.2) is 48.5 Å². The van der Waals surface area contributed by atoms with Crippen LogP contribution in [0.25, 0.3) is 10.9 Å². The Labute approximate surface area is 182 Å². The van der Waals surface area contributed by atoms with Gasteiger partial charge in [0.05, 0.1) is 11.1 Å². The largest absolute Gasteiger partial charge is 0.449 e. The molecule has 6 nitrogen and oxygen atoms in total. The number of rotatable bonds is 5. The monoisotopic (exact) mass is 417 g/mol. The number of ether oxygens (including phenoxy) is 1. The number of anilines is 1. The number of carbonyl (C=O) groups is 2. The zero-order valence-corrected chi connectivity index (χ0v) is 18.1. The summed E-state index contributed by atoms with van der Waals surface area (Å²) in [7, 11) is 0. The number of carbonyl (C=O) groups excluding carboxylic acids is 2. The highest BCUT2D eigenvalue weighted by molar-refractivity contribution is 6.06. The summed E-state index contributed by atoms with van der Waals surface area (Å²) in [5.74, 6) is -0.842. The van der Waals surface area contributed by atoms with Crippen molar-refractivity contribution in [2.45, 2.75) is 39.8 Å². The van der Waals surface area contributed by atoms with Crippen molar-refractivity contribution in [1.29, 1.82) is 0 Å². The van der Waals surface area contributed by atoms with Gasteiger partial charge in [-0.25, -0.2) is 4.79 Å². The van der Waals surface area contributed by atoms with Gasteiger partial charge in [-0.15, -0.1) is 0 Å². The zero-order chi connectivity index (χ0) is 22.0. The number of esters is 1. The zero-order valence-electron chi connectivity index (χ0n) is 18.1. The summed E-state index contributed by atoms with van der Waals surface area (Å²) in [6.45, 7) is 8.09. The minimum absolute atomic E-state index is 0.356. The van der Waals surface area contributed by atoms with Gasteiger partial charge in [-0.05, 0) is 38.1 Å². The molecule has 0 aliphatic carbocycles. The molecule has 1 aromatic heterocycles. The summed E-state index contributed by atoms with van der Waals surface area (Å²) in [6, 6.07) is 15.1. The number of pyridine rings is 1. The normalized spacial score (nSPS) is 14.7. The molecule has 1 unspecified atom stereocenters. The van der Waals surface area contributed by atoms with Crippen LogP contribution in [0, 0.1) is 6.92 Å². The number of amides is 1. The maximum absolute atomic E-state index is 13.3. The van der Waals surface area contributed by atoms with Gasteiger partial charge in [0.2, 0.25) is 0 Å². The predicted octanol–water partition coefficient (Wildman–Crippen LogP) is 4.11. The first-order chi connectivity index (χ1) is 15.0. The molecular weight excluding hydrogens is 390 g/mol. The number of nitrogens with one attached hydrogen (secondary N) is 1. The standard InChI is InChI=1S/C25H27N3O3/c1-4-28-14-13-22-19(15-28)23(18-10-6-8-12-21(18)26-22)25(30)31-17(3)24(29)27-20-11-7-5-9-16(20)2/h5-12,17H,4,13-15H2,1-3H3,(H,27,29). The number of nitrogens with zero attached hydrogens (tertiary/aromatic N) is 2. The van der Waals surface area contributed by atoms with E-state index in [4.69, 9.17) is 9.72 Å². The lowest BCUT2D eigenvalue weighted by Crippen LogP contribution is -2.34. The summed E-state index contributed by atoms with van der Waals surface area (Å²) in [4.78, 5) is 33.1. The summed E-state index contributed by atoms with van der Waals surface area (Å²) < 4.78 is 5.66. The van der Waals surface area contributed by atoms with E-state index in [1.807, 2.05) is 55.5 Å². The molecule has 0 bridgehead atoms. The molecule has 0 saturated heterocycles. The van der Waals surface area contributed by atoms with E-state index in [0.717, 1.165) is 47.2 Å². The fourth-order valence-electron chi connectivity index (χ4n) is 3.97. The highest BCUT2D eigenvalue weighted by Crippen LogP contribution is 2.29. The molecule has 1 aliphatic rings. The van der Waals surface area contributed by atoms with E-state index in [-0.39, 0.29) is 5.91 Å². The van der Waals surface area contributed by atoms with Crippen LogP contribution in [-0.4, -0.2) is 41.0 Å². The van der Waals surface area contributed by atoms with Crippen molar-refractivity contribution in [3.8, 4) is 0 Å². The Hall–Kier alpha value is -3.25. The Morgan fingerprint density at radius 3 is 2.68 bits per heavy atom. The van der Waals surface area contributed by atoms with E-state index in [2.05, 4.69) is 17.1 Å². The lowest BCUT2D eigenvalue weighted by Gasteiger charge is -2.29. The Bertz CT molecular complexity index is 1140. The van der Waals surface area contributed by atoms with E-state index in [1.165, 1.54) is 0 Å². The summed E-state index contributed by atoms with van der Waals surface area (Å²) in [6.07, 6.45) is -0.141. The fourth-order valence-corrected chi connectivity index (χ4v) is 3.97. The van der Waals surface area contributed by atoms with Gasteiger partial charge in [-0.1, -0.05) is 43.3 Å². The number of benzene rings is 2. The third-order valence-corrected chi connectivity index (χ3v) is 5.83. The molecule has 4 rings (SSSR count). The van der Waals surface area contributed by atoms with Crippen molar-refractivity contribution in [2.75, 3.05) is 18.4 Å². The van der Waals surface area contributed by atoms with E-state index >= 15 is 0 Å². The first kappa shape index (κ1) is 21.0. The lowest BCUT2D eigenvalue weighted by atomic mass is 9.95. The number of aryl methyl sites for hydroxylation is 1. The van der Waals surface area contributed by atoms with Crippen molar-refractivity contribution in [3.63, 3.8) is 0 Å². The van der Waals surface area contributed by atoms with Crippen LogP contribution in [0.2, 0.25) is 0 Å². The van der Waals surface area contributed by atoms with Gasteiger partial charge < -0.3 is 10.1 Å². The molecule has 0 fully saturated rings. The minimum atomic E-state index is -0.930. The maximum atomic E-state index is 13.3. The molecule has 31 heavy (non-hydrogen) atoms. The van der Waals surface area contributed by atoms with Gasteiger partial charge in [-0.2, -0.15) is 0 Å². The molecule has 0 spiro atoms. The van der Waals surface area contributed by atoms with Crippen molar-refractivity contribution in [2.24, 2.45) is 0 Å². The third kappa shape index (κ3) is 4.30. The first-order valence-corrected chi connectivity index (χ1v) is 10.7. The highest BCUT2D eigenvalue weighted by atomic mass is 16.5. The van der Waals surface area contributed by atoms with E-state index in [0.29, 0.717) is 17.8 Å². The SMILES string of the molecule is CCN1CCc2nc3ccccc3c(C(=O)OC(C)C(=O)Nc3ccccc3C)c2C1. The molecule has 160 valence electrons. The quantitative estimate of drug-likeness (QED) is 0.633. The van der Waals surface area contributed by atoms with Crippen LogP contribution in [0.3, 0.4) is 0 Å². The van der Waals surface area contributed by atoms with E-state index in [9.17, 15) is 9.59 Å². The number of likely N-dealkylation sites (N-methyl/N-ethyl adjacent to an activating group) is 1. The summed E-state index contributed by atoms with van der Waals surface area (Å²) in [5.41, 5.74) is 4.80. The highest BCUT2D eigenvalue weighted by Gasteiger charge is 2.28. The second-order valence-corrected chi connectivity index (χ2v) is 7.90. The topological polar surface area (TPSA) is 71.5 Å². The Morgan fingerprint density at radius 1 is 1.16 bits per heavy atom. The molecule has 1 amide bonds. The van der Waals surface area contributed by atoms with Gasteiger partial charge in [0.25, 0.3) is 5.91 Å². The molecule has 1 atom stereocenters. The Kier molecular flexibility index (Phi) is 6.00. The second-order valence-electron chi connectivity index (χ2n) is 7.90. The summed E-state index contributed by atoms with van der Waals surface area (Å²) in [5, 5.41) is 3.61. The molecule has 1 N–H and O–H groups in total. The van der Waals surface area contributed by atoms with Crippen molar-refractivity contribution in [1.82, 2.24) is 9.88 Å². The molecule has 0 saturated carbocycles. The molecule has 2 heterocycles. The van der Waals surface area contributed by atoms with Crippen molar-refractivity contribution in [3.05, 3.63) is 70.9 Å². The maximum Gasteiger partial charge on any atom is 0.339 e. The second kappa shape index (κ2) is 8.86. The van der Waals surface area contributed by atoms with Gasteiger partial charge in [-0.3, -0.25) is 14.7 Å². The van der Waals surface area contributed by atoms with Crippen LogP contribution >= 0.6 is 0 Å². The Balaban J connectivity index is 1.62. The fraction of sp³-hybridized carbons (Fsp3) is 0.320.